The van der Waals surface area contributed by atoms with Crippen molar-refractivity contribution < 1.29 is 8.83 Å². The SMILES string of the molecule is c1ccc(-c2cc(-c3cccc4c3oc3cc(-c5nc(-c6ccccc6)nc(-c6ccccc6)n5)ccc34)c3oc4ccccc4c3c2)cc1. The minimum atomic E-state index is 0.583. The van der Waals surface area contributed by atoms with Crippen LogP contribution < -0.4 is 0 Å². The molecule has 0 bridgehead atoms. The van der Waals surface area contributed by atoms with Gasteiger partial charge in [-0.1, -0.05) is 133 Å². The summed E-state index contributed by atoms with van der Waals surface area (Å²) in [5.74, 6) is 1.82. The van der Waals surface area contributed by atoms with Gasteiger partial charge in [-0.15, -0.1) is 0 Å². The van der Waals surface area contributed by atoms with Gasteiger partial charge in [0, 0.05) is 49.4 Å². The highest BCUT2D eigenvalue weighted by atomic mass is 16.3. The molecular formula is C45H27N3O2. The lowest BCUT2D eigenvalue weighted by Crippen LogP contribution is -2.00. The Bertz CT molecular complexity index is 2800. The Morgan fingerprint density at radius 2 is 0.840 bits per heavy atom. The third kappa shape index (κ3) is 4.67. The molecule has 50 heavy (non-hydrogen) atoms. The van der Waals surface area contributed by atoms with Gasteiger partial charge < -0.3 is 8.83 Å². The van der Waals surface area contributed by atoms with Crippen LogP contribution in [-0.2, 0) is 0 Å². The Kier molecular flexibility index (Phi) is 6.42. The zero-order valence-corrected chi connectivity index (χ0v) is 26.7. The second kappa shape index (κ2) is 11.4. The van der Waals surface area contributed by atoms with Crippen LogP contribution in [0.15, 0.2) is 173 Å². The van der Waals surface area contributed by atoms with Crippen LogP contribution in [0.1, 0.15) is 0 Å². The zero-order chi connectivity index (χ0) is 33.0. The van der Waals surface area contributed by atoms with Crippen LogP contribution in [0.4, 0.5) is 0 Å². The summed E-state index contributed by atoms with van der Waals surface area (Å²) in [7, 11) is 0. The van der Waals surface area contributed by atoms with Crippen molar-refractivity contribution in [1.29, 1.82) is 0 Å². The minimum absolute atomic E-state index is 0.583. The number of rotatable bonds is 5. The molecule has 0 saturated heterocycles. The molecule has 0 unspecified atom stereocenters. The molecule has 0 aliphatic carbocycles. The average Bonchev–Trinajstić information content (AvgIpc) is 3.77. The first-order chi connectivity index (χ1) is 24.8. The summed E-state index contributed by atoms with van der Waals surface area (Å²) < 4.78 is 13.3. The molecule has 0 aliphatic rings. The normalized spacial score (nSPS) is 11.6. The van der Waals surface area contributed by atoms with Crippen LogP contribution in [-0.4, -0.2) is 15.0 Å². The van der Waals surface area contributed by atoms with E-state index in [9.17, 15) is 0 Å². The van der Waals surface area contributed by atoms with Crippen LogP contribution in [0.2, 0.25) is 0 Å². The predicted octanol–water partition coefficient (Wildman–Crippen LogP) is 12.0. The molecule has 3 heterocycles. The summed E-state index contributed by atoms with van der Waals surface area (Å²) in [5.41, 5.74) is 10.2. The Balaban J connectivity index is 1.17. The van der Waals surface area contributed by atoms with Gasteiger partial charge in [0.05, 0.1) is 0 Å². The molecule has 3 aromatic heterocycles. The second-order valence-corrected chi connectivity index (χ2v) is 12.4. The number of para-hydroxylation sites is 2. The largest absolute Gasteiger partial charge is 0.455 e. The van der Waals surface area contributed by atoms with E-state index >= 15 is 0 Å². The molecule has 0 saturated carbocycles. The number of fused-ring (bicyclic) bond motifs is 6. The van der Waals surface area contributed by atoms with E-state index in [1.165, 1.54) is 0 Å². The van der Waals surface area contributed by atoms with Crippen molar-refractivity contribution >= 4 is 43.9 Å². The van der Waals surface area contributed by atoms with E-state index < -0.39 is 0 Å². The van der Waals surface area contributed by atoms with Gasteiger partial charge in [-0.25, -0.2) is 15.0 Å². The van der Waals surface area contributed by atoms with Crippen molar-refractivity contribution in [1.82, 2.24) is 15.0 Å². The molecule has 10 aromatic rings. The summed E-state index contributed by atoms with van der Waals surface area (Å²) in [4.78, 5) is 14.7. The van der Waals surface area contributed by atoms with Crippen molar-refractivity contribution in [3.05, 3.63) is 164 Å². The maximum Gasteiger partial charge on any atom is 0.164 e. The monoisotopic (exact) mass is 641 g/mol. The Labute approximate surface area is 287 Å². The molecule has 7 aromatic carbocycles. The van der Waals surface area contributed by atoms with Gasteiger partial charge in [-0.2, -0.15) is 0 Å². The molecule has 0 aliphatic heterocycles. The maximum atomic E-state index is 6.79. The molecule has 5 nitrogen and oxygen atoms in total. The van der Waals surface area contributed by atoms with E-state index in [1.54, 1.807) is 0 Å². The van der Waals surface area contributed by atoms with Crippen molar-refractivity contribution in [3.63, 3.8) is 0 Å². The smallest absolute Gasteiger partial charge is 0.164 e. The van der Waals surface area contributed by atoms with Crippen LogP contribution >= 0.6 is 0 Å². The topological polar surface area (TPSA) is 65.0 Å². The molecule has 0 spiro atoms. The quantitative estimate of drug-likeness (QED) is 0.187. The molecule has 0 radical (unpaired) electrons. The lowest BCUT2D eigenvalue weighted by atomic mass is 9.95. The van der Waals surface area contributed by atoms with E-state index in [4.69, 9.17) is 23.8 Å². The van der Waals surface area contributed by atoms with Gasteiger partial charge in [-0.05, 0) is 41.5 Å². The lowest BCUT2D eigenvalue weighted by Gasteiger charge is -2.08. The highest BCUT2D eigenvalue weighted by Crippen LogP contribution is 2.43. The lowest BCUT2D eigenvalue weighted by molar-refractivity contribution is 0.665. The third-order valence-corrected chi connectivity index (χ3v) is 9.33. The Hall–Kier alpha value is -6.85. The molecule has 0 amide bonds. The zero-order valence-electron chi connectivity index (χ0n) is 26.7. The fourth-order valence-corrected chi connectivity index (χ4v) is 6.91. The number of hydrogen-bond donors (Lipinski definition) is 0. The van der Waals surface area contributed by atoms with E-state index in [1.807, 2.05) is 84.9 Å². The second-order valence-electron chi connectivity index (χ2n) is 12.4. The molecule has 10 rings (SSSR count). The molecule has 234 valence electrons. The Morgan fingerprint density at radius 3 is 1.54 bits per heavy atom. The molecule has 5 heteroatoms. The first-order valence-corrected chi connectivity index (χ1v) is 16.6. The first-order valence-electron chi connectivity index (χ1n) is 16.6. The first kappa shape index (κ1) is 28.2. The Morgan fingerprint density at radius 1 is 0.300 bits per heavy atom. The standard InChI is InChI=1S/C45H27N3O2/c1-4-13-28(14-5-1)32-25-37-33-19-10-11-22-39(33)49-42(37)38(26-32)36-21-12-20-35-34-24-23-31(27-40(34)50-41(35)36)45-47-43(29-15-6-2-7-16-29)46-44(48-45)30-17-8-3-9-18-30/h1-27H. The van der Waals surface area contributed by atoms with Crippen LogP contribution in [0, 0.1) is 0 Å². The van der Waals surface area contributed by atoms with Gasteiger partial charge in [-0.3, -0.25) is 0 Å². The maximum absolute atomic E-state index is 6.79. The molecular weight excluding hydrogens is 615 g/mol. The summed E-state index contributed by atoms with van der Waals surface area (Å²) in [6.45, 7) is 0. The van der Waals surface area contributed by atoms with Crippen molar-refractivity contribution in [2.45, 2.75) is 0 Å². The van der Waals surface area contributed by atoms with Gasteiger partial charge in [0.2, 0.25) is 0 Å². The summed E-state index contributed by atoms with van der Waals surface area (Å²) >= 11 is 0. The molecule has 0 fully saturated rings. The highest BCUT2D eigenvalue weighted by molar-refractivity contribution is 6.16. The minimum Gasteiger partial charge on any atom is -0.455 e. The predicted molar refractivity (Wildman–Crippen MR) is 202 cm³/mol. The number of nitrogens with zero attached hydrogens (tertiary/aromatic N) is 3. The van der Waals surface area contributed by atoms with E-state index in [0.717, 1.165) is 82.8 Å². The fraction of sp³-hybridized carbons (Fsp3) is 0. The van der Waals surface area contributed by atoms with E-state index in [0.29, 0.717) is 17.5 Å². The molecule has 0 atom stereocenters. The third-order valence-electron chi connectivity index (χ3n) is 9.33. The van der Waals surface area contributed by atoms with Gasteiger partial charge in [0.25, 0.3) is 0 Å². The number of benzene rings is 7. The number of furan rings is 2. The fourth-order valence-electron chi connectivity index (χ4n) is 6.91. The van der Waals surface area contributed by atoms with Crippen LogP contribution in [0.25, 0.3) is 100 Å². The average molecular weight is 642 g/mol. The van der Waals surface area contributed by atoms with Gasteiger partial charge in [0.1, 0.15) is 22.3 Å². The van der Waals surface area contributed by atoms with Crippen LogP contribution in [0.5, 0.6) is 0 Å². The summed E-state index contributed by atoms with van der Waals surface area (Å²) in [6, 6.07) is 55.7. The van der Waals surface area contributed by atoms with Crippen molar-refractivity contribution in [2.75, 3.05) is 0 Å². The number of hydrogen-bond acceptors (Lipinski definition) is 5. The molecule has 0 N–H and O–H groups in total. The summed E-state index contributed by atoms with van der Waals surface area (Å²) in [6.07, 6.45) is 0. The van der Waals surface area contributed by atoms with Crippen LogP contribution in [0.3, 0.4) is 0 Å². The van der Waals surface area contributed by atoms with Crippen molar-refractivity contribution in [2.24, 2.45) is 0 Å². The van der Waals surface area contributed by atoms with E-state index in [2.05, 4.69) is 78.9 Å². The number of aromatic nitrogens is 3. The summed E-state index contributed by atoms with van der Waals surface area (Å²) in [5, 5.41) is 4.21. The van der Waals surface area contributed by atoms with Gasteiger partial charge >= 0.3 is 0 Å². The highest BCUT2D eigenvalue weighted by Gasteiger charge is 2.20. The van der Waals surface area contributed by atoms with E-state index in [-0.39, 0.29) is 0 Å². The van der Waals surface area contributed by atoms with Crippen molar-refractivity contribution in [3.8, 4) is 56.4 Å². The van der Waals surface area contributed by atoms with Gasteiger partial charge in [0.15, 0.2) is 17.5 Å².